The topological polar surface area (TPSA) is 64.4 Å². The molecule has 0 radical (unpaired) electrons. The Hall–Kier alpha value is -3.52. The smallest absolute Gasteiger partial charge is 0.261 e. The lowest BCUT2D eigenvalue weighted by atomic mass is 10.2. The second-order valence-electron chi connectivity index (χ2n) is 6.60. The first-order valence-corrected chi connectivity index (χ1v) is 10.0. The number of ether oxygens (including phenoxy) is 1. The molecule has 0 saturated carbocycles. The minimum Gasteiger partial charge on any atom is -0.497 e. The second kappa shape index (κ2) is 8.46. The number of thiophene rings is 1. The van der Waals surface area contributed by atoms with Crippen LogP contribution in [0, 0.1) is 5.82 Å². The van der Waals surface area contributed by atoms with Crippen LogP contribution < -0.4 is 15.2 Å². The average Bonchev–Trinajstić information content (AvgIpc) is 3.27. The predicted molar refractivity (Wildman–Crippen MR) is 114 cm³/mol. The molecule has 2 aromatic carbocycles. The number of amides is 1. The highest BCUT2D eigenvalue weighted by atomic mass is 32.1. The summed E-state index contributed by atoms with van der Waals surface area (Å²) in [6.45, 7) is 0.195. The van der Waals surface area contributed by atoms with Gasteiger partial charge in [-0.25, -0.2) is 9.37 Å². The summed E-state index contributed by atoms with van der Waals surface area (Å²) in [5.74, 6) is -0.0479. The molecule has 0 fully saturated rings. The fraction of sp³-hybridized carbons (Fsp3) is 0.136. The number of carbonyl (C=O) groups excluding carboxylic acids is 1. The number of aromatic nitrogens is 2. The summed E-state index contributed by atoms with van der Waals surface area (Å²) in [7, 11) is 1.58. The van der Waals surface area contributed by atoms with Crippen molar-refractivity contribution in [1.82, 2.24) is 9.55 Å². The number of hydrogen-bond acceptors (Lipinski definition) is 5. The van der Waals surface area contributed by atoms with Gasteiger partial charge in [0, 0.05) is 16.6 Å². The Labute approximate surface area is 175 Å². The number of rotatable bonds is 6. The third kappa shape index (κ3) is 4.08. The predicted octanol–water partition coefficient (Wildman–Crippen LogP) is 3.84. The van der Waals surface area contributed by atoms with Crippen LogP contribution in [-0.4, -0.2) is 22.6 Å². The maximum Gasteiger partial charge on any atom is 0.261 e. The molecule has 2 heterocycles. The van der Waals surface area contributed by atoms with Gasteiger partial charge in [-0.1, -0.05) is 6.07 Å². The Morgan fingerprint density at radius 1 is 1.20 bits per heavy atom. The van der Waals surface area contributed by atoms with Crippen LogP contribution in [0.5, 0.6) is 5.75 Å². The molecular weight excluding hydrogens is 405 g/mol. The molecule has 1 amide bonds. The van der Waals surface area contributed by atoms with E-state index in [2.05, 4.69) is 4.98 Å². The second-order valence-corrected chi connectivity index (χ2v) is 7.63. The van der Waals surface area contributed by atoms with Crippen LogP contribution >= 0.6 is 11.3 Å². The Balaban J connectivity index is 1.66. The molecule has 0 aliphatic heterocycles. The van der Waals surface area contributed by atoms with E-state index in [1.807, 2.05) is 17.5 Å². The first kappa shape index (κ1) is 19.8. The monoisotopic (exact) mass is 423 g/mol. The number of hydrogen-bond donors (Lipinski definition) is 0. The van der Waals surface area contributed by atoms with Gasteiger partial charge in [-0.15, -0.1) is 11.3 Å². The largest absolute Gasteiger partial charge is 0.497 e. The number of methoxy groups -OCH3 is 1. The first-order chi connectivity index (χ1) is 14.5. The Morgan fingerprint density at radius 2 is 2.00 bits per heavy atom. The number of carbonyl (C=O) groups is 1. The summed E-state index contributed by atoms with van der Waals surface area (Å²) < 4.78 is 19.8. The van der Waals surface area contributed by atoms with Crippen molar-refractivity contribution >= 4 is 33.8 Å². The third-order valence-corrected chi connectivity index (χ3v) is 5.53. The molecule has 0 spiro atoms. The van der Waals surface area contributed by atoms with Crippen molar-refractivity contribution in [2.45, 2.75) is 13.1 Å². The molecule has 4 aromatic rings. The van der Waals surface area contributed by atoms with Gasteiger partial charge in [0.1, 0.15) is 18.1 Å². The molecule has 152 valence electrons. The van der Waals surface area contributed by atoms with Gasteiger partial charge in [-0.2, -0.15) is 0 Å². The zero-order valence-electron chi connectivity index (χ0n) is 16.1. The number of benzene rings is 2. The van der Waals surface area contributed by atoms with E-state index in [-0.39, 0.29) is 28.9 Å². The summed E-state index contributed by atoms with van der Waals surface area (Å²) >= 11 is 1.55. The van der Waals surface area contributed by atoms with Crippen molar-refractivity contribution in [3.05, 3.63) is 87.4 Å². The maximum absolute atomic E-state index is 13.4. The van der Waals surface area contributed by atoms with E-state index in [0.717, 1.165) is 4.88 Å². The molecule has 0 unspecified atom stereocenters. The maximum atomic E-state index is 13.4. The summed E-state index contributed by atoms with van der Waals surface area (Å²) in [5, 5.41) is 2.21. The average molecular weight is 423 g/mol. The molecule has 30 heavy (non-hydrogen) atoms. The van der Waals surface area contributed by atoms with E-state index >= 15 is 0 Å². The first-order valence-electron chi connectivity index (χ1n) is 9.16. The van der Waals surface area contributed by atoms with E-state index in [1.54, 1.807) is 47.6 Å². The molecule has 6 nitrogen and oxygen atoms in total. The van der Waals surface area contributed by atoms with Crippen LogP contribution in [0.15, 0.2) is 71.1 Å². The molecule has 0 aliphatic rings. The summed E-state index contributed by atoms with van der Waals surface area (Å²) in [5.41, 5.74) is 0.562. The highest BCUT2D eigenvalue weighted by molar-refractivity contribution is 7.09. The minimum atomic E-state index is -0.468. The fourth-order valence-corrected chi connectivity index (χ4v) is 3.81. The van der Waals surface area contributed by atoms with Gasteiger partial charge in [0.25, 0.3) is 5.56 Å². The third-order valence-electron chi connectivity index (χ3n) is 4.67. The van der Waals surface area contributed by atoms with Gasteiger partial charge >= 0.3 is 0 Å². The number of fused-ring (bicyclic) bond motifs is 1. The molecule has 0 atom stereocenters. The van der Waals surface area contributed by atoms with Gasteiger partial charge in [0.05, 0.1) is 30.9 Å². The number of nitrogens with zero attached hydrogens (tertiary/aromatic N) is 3. The Morgan fingerprint density at radius 3 is 2.70 bits per heavy atom. The van der Waals surface area contributed by atoms with E-state index in [1.165, 1.54) is 29.1 Å². The number of anilines is 1. The Bertz CT molecular complexity index is 1240. The minimum absolute atomic E-state index is 0.184. The van der Waals surface area contributed by atoms with Gasteiger partial charge in [-0.3, -0.25) is 14.2 Å². The van der Waals surface area contributed by atoms with Crippen molar-refractivity contribution in [2.24, 2.45) is 0 Å². The molecule has 8 heteroatoms. The normalized spacial score (nSPS) is 10.9. The van der Waals surface area contributed by atoms with E-state index in [4.69, 9.17) is 4.74 Å². The molecule has 0 N–H and O–H groups in total. The van der Waals surface area contributed by atoms with Crippen molar-refractivity contribution in [3.63, 3.8) is 0 Å². The highest BCUT2D eigenvalue weighted by Crippen LogP contribution is 2.23. The van der Waals surface area contributed by atoms with Gasteiger partial charge in [0.15, 0.2) is 0 Å². The quantitative estimate of drug-likeness (QED) is 0.473. The summed E-state index contributed by atoms with van der Waals surface area (Å²) in [6.07, 6.45) is 1.28. The molecule has 0 bridgehead atoms. The van der Waals surface area contributed by atoms with Crippen molar-refractivity contribution in [2.75, 3.05) is 12.0 Å². The SMILES string of the molecule is COc1ccc(N(Cc2cccs2)C(=O)Cn2cnc3cc(F)ccc3c2=O)cc1. The highest BCUT2D eigenvalue weighted by Gasteiger charge is 2.19. The zero-order chi connectivity index (χ0) is 21.1. The van der Waals surface area contributed by atoms with Crippen LogP contribution in [0.1, 0.15) is 4.88 Å². The van der Waals surface area contributed by atoms with Crippen molar-refractivity contribution < 1.29 is 13.9 Å². The molecular formula is C22H18FN3O3S. The molecule has 0 saturated heterocycles. The fourth-order valence-electron chi connectivity index (χ4n) is 3.12. The van der Waals surface area contributed by atoms with Crippen LogP contribution in [-0.2, 0) is 17.9 Å². The zero-order valence-corrected chi connectivity index (χ0v) is 16.9. The van der Waals surface area contributed by atoms with E-state index in [0.29, 0.717) is 18.0 Å². The molecule has 4 rings (SSSR count). The van der Waals surface area contributed by atoms with Crippen molar-refractivity contribution in [3.8, 4) is 5.75 Å². The van der Waals surface area contributed by atoms with Crippen LogP contribution in [0.2, 0.25) is 0 Å². The van der Waals surface area contributed by atoms with Crippen LogP contribution in [0.4, 0.5) is 10.1 Å². The lowest BCUT2D eigenvalue weighted by Gasteiger charge is -2.23. The number of halogens is 1. The summed E-state index contributed by atoms with van der Waals surface area (Å²) in [6, 6.07) is 14.8. The standard InChI is InChI=1S/C22H18FN3O3S/c1-29-17-7-5-16(6-8-17)26(12-18-3-2-10-30-18)21(27)13-25-14-24-20-11-15(23)4-9-19(20)22(25)28/h2-11,14H,12-13H2,1H3. The van der Waals surface area contributed by atoms with Gasteiger partial charge < -0.3 is 9.64 Å². The molecule has 2 aromatic heterocycles. The summed E-state index contributed by atoms with van der Waals surface area (Å²) in [4.78, 5) is 32.7. The van der Waals surface area contributed by atoms with E-state index in [9.17, 15) is 14.0 Å². The molecule has 0 aliphatic carbocycles. The lowest BCUT2D eigenvalue weighted by molar-refractivity contribution is -0.119. The van der Waals surface area contributed by atoms with Crippen LogP contribution in [0.3, 0.4) is 0 Å². The lowest BCUT2D eigenvalue weighted by Crippen LogP contribution is -2.36. The van der Waals surface area contributed by atoms with Gasteiger partial charge in [-0.05, 0) is 47.8 Å². The Kier molecular flexibility index (Phi) is 5.58. The van der Waals surface area contributed by atoms with E-state index < -0.39 is 5.82 Å². The van der Waals surface area contributed by atoms with Gasteiger partial charge in [0.2, 0.25) is 5.91 Å². The van der Waals surface area contributed by atoms with Crippen molar-refractivity contribution in [1.29, 1.82) is 0 Å². The van der Waals surface area contributed by atoms with Crippen LogP contribution in [0.25, 0.3) is 10.9 Å².